The topological polar surface area (TPSA) is 0 Å². The molecule has 54 heavy (non-hydrogen) atoms. The Morgan fingerprint density at radius 1 is 0.259 bits per heavy atom. The fourth-order valence-electron chi connectivity index (χ4n) is 8.52. The van der Waals surface area contributed by atoms with E-state index in [0.717, 1.165) is 0 Å². The van der Waals surface area contributed by atoms with Gasteiger partial charge in [0, 0.05) is 0 Å². The predicted octanol–water partition coefficient (Wildman–Crippen LogP) is 15.7. The van der Waals surface area contributed by atoms with Crippen molar-refractivity contribution in [1.82, 2.24) is 0 Å². The summed E-state index contributed by atoms with van der Waals surface area (Å²) >= 11 is 0. The van der Waals surface area contributed by atoms with Crippen molar-refractivity contribution in [1.29, 1.82) is 0 Å². The molecule has 0 N–H and O–H groups in total. The summed E-state index contributed by atoms with van der Waals surface area (Å²) in [4.78, 5) is 0. The highest BCUT2D eigenvalue weighted by Crippen LogP contribution is 2.55. The van der Waals surface area contributed by atoms with Gasteiger partial charge >= 0.3 is 0 Å². The molecule has 0 radical (unpaired) electrons. The van der Waals surface area contributed by atoms with Crippen molar-refractivity contribution >= 4 is 32.3 Å². The van der Waals surface area contributed by atoms with Gasteiger partial charge in [-0.3, -0.25) is 0 Å². The van der Waals surface area contributed by atoms with E-state index >= 15 is 0 Å². The smallest absolute Gasteiger partial charge is 0.000128 e. The van der Waals surface area contributed by atoms with E-state index in [1.807, 2.05) is 0 Å². The molecule has 0 aromatic heterocycles. The van der Waals surface area contributed by atoms with Crippen LogP contribution in [0, 0.1) is 0 Å². The molecule has 0 unspecified atom stereocenters. The van der Waals surface area contributed by atoms with Crippen LogP contribution in [0.4, 0.5) is 0 Å². The third-order valence-electron chi connectivity index (χ3n) is 11.3. The van der Waals surface area contributed by atoms with Crippen LogP contribution in [0.15, 0.2) is 152 Å². The van der Waals surface area contributed by atoms with E-state index in [1.54, 1.807) is 0 Å². The van der Waals surface area contributed by atoms with Crippen molar-refractivity contribution in [3.63, 3.8) is 0 Å². The lowest BCUT2D eigenvalue weighted by Gasteiger charge is -2.29. The van der Waals surface area contributed by atoms with Crippen molar-refractivity contribution in [3.8, 4) is 44.5 Å². The van der Waals surface area contributed by atoms with Crippen molar-refractivity contribution in [2.75, 3.05) is 0 Å². The van der Waals surface area contributed by atoms with Crippen LogP contribution < -0.4 is 0 Å². The van der Waals surface area contributed by atoms with Gasteiger partial charge in [0.15, 0.2) is 0 Å². The first-order valence-corrected chi connectivity index (χ1v) is 19.5. The second-order valence-electron chi connectivity index (χ2n) is 18.2. The molecular formula is C54H52. The Morgan fingerprint density at radius 3 is 1.04 bits per heavy atom. The third-order valence-corrected chi connectivity index (χ3v) is 11.3. The molecule has 0 bridgehead atoms. The largest absolute Gasteiger partial charge is 0.0622 e. The fraction of sp³-hybridized carbons (Fsp3) is 0.222. The Morgan fingerprint density at radius 2 is 0.611 bits per heavy atom. The minimum absolute atomic E-state index is 0.0526. The van der Waals surface area contributed by atoms with Crippen molar-refractivity contribution in [2.45, 2.75) is 78.6 Å². The Kier molecular flexibility index (Phi) is 8.65. The Bertz CT molecular complexity index is 2640. The average molecular weight is 701 g/mol. The molecule has 0 nitrogen and oxygen atoms in total. The molecule has 0 spiro atoms. The molecule has 0 heterocycles. The summed E-state index contributed by atoms with van der Waals surface area (Å²) in [6.45, 7) is 20.9. The van der Waals surface area contributed by atoms with Crippen LogP contribution in [-0.2, 0) is 16.2 Å². The molecule has 0 amide bonds. The Balaban J connectivity index is 1.73. The number of hydrogen-bond donors (Lipinski definition) is 0. The molecule has 8 aromatic rings. The summed E-state index contributed by atoms with van der Waals surface area (Å²) < 4.78 is 0. The summed E-state index contributed by atoms with van der Waals surface area (Å²) in [6, 6.07) is 57.3. The number of hydrogen-bond acceptors (Lipinski definition) is 0. The zero-order valence-corrected chi connectivity index (χ0v) is 33.4. The molecule has 0 aliphatic heterocycles. The molecule has 0 fully saturated rings. The van der Waals surface area contributed by atoms with E-state index < -0.39 is 0 Å². The van der Waals surface area contributed by atoms with E-state index in [-0.39, 0.29) is 16.2 Å². The maximum Gasteiger partial charge on any atom is -0.000128 e. The normalized spacial score (nSPS) is 12.5. The van der Waals surface area contributed by atoms with Gasteiger partial charge in [0.25, 0.3) is 0 Å². The van der Waals surface area contributed by atoms with Gasteiger partial charge in [-0.2, -0.15) is 0 Å². The standard InChI is InChI=1S/C54H52/c1-52(2,3)39-31-27-37(28-32-39)46-42-24-17-16-23-41(42)45(35-19-12-10-13-20-35)50-47(38-29-33-40(34-30-38)53(4,5)6)43-25-18-26-44(54(7,8)9)49(43)48(51(46)50)36-21-14-11-15-22-36/h10-34H,1-9H3. The lowest BCUT2D eigenvalue weighted by molar-refractivity contribution is 0.590. The maximum absolute atomic E-state index is 2.38. The molecule has 8 rings (SSSR count). The highest BCUT2D eigenvalue weighted by atomic mass is 14.3. The van der Waals surface area contributed by atoms with Crippen LogP contribution in [0.5, 0.6) is 0 Å². The number of rotatable bonds is 4. The van der Waals surface area contributed by atoms with Crippen LogP contribution in [-0.4, -0.2) is 0 Å². The summed E-state index contributed by atoms with van der Waals surface area (Å²) in [5.41, 5.74) is 14.2. The van der Waals surface area contributed by atoms with E-state index in [2.05, 4.69) is 214 Å². The third kappa shape index (κ3) is 6.12. The summed E-state index contributed by atoms with van der Waals surface area (Å²) in [6.07, 6.45) is 0. The predicted molar refractivity (Wildman–Crippen MR) is 237 cm³/mol. The van der Waals surface area contributed by atoms with Gasteiger partial charge in [0.2, 0.25) is 0 Å². The van der Waals surface area contributed by atoms with Gasteiger partial charge in [-0.1, -0.05) is 214 Å². The van der Waals surface area contributed by atoms with Gasteiger partial charge in [-0.05, 0) is 110 Å². The van der Waals surface area contributed by atoms with E-state index in [9.17, 15) is 0 Å². The minimum atomic E-state index is -0.0995. The SMILES string of the molecule is CC(C)(C)c1ccc(-c2c3ccccc3c(-c3ccccc3)c3c(-c4ccc(C(C)(C)C)cc4)c4cccc(C(C)(C)C)c4c(-c4ccccc4)c23)cc1. The first-order chi connectivity index (χ1) is 25.7. The summed E-state index contributed by atoms with van der Waals surface area (Å²) in [5, 5.41) is 7.77. The molecule has 0 aliphatic rings. The molecule has 0 aliphatic carbocycles. The van der Waals surface area contributed by atoms with Gasteiger partial charge in [0.1, 0.15) is 0 Å². The van der Waals surface area contributed by atoms with Crippen LogP contribution in [0.25, 0.3) is 76.8 Å². The van der Waals surface area contributed by atoms with Crippen LogP contribution in [0.1, 0.15) is 79.0 Å². The van der Waals surface area contributed by atoms with Crippen LogP contribution in [0.3, 0.4) is 0 Å². The van der Waals surface area contributed by atoms with Crippen LogP contribution >= 0.6 is 0 Å². The molecule has 0 saturated heterocycles. The second-order valence-corrected chi connectivity index (χ2v) is 18.2. The maximum atomic E-state index is 2.38. The molecule has 0 heteroatoms. The van der Waals surface area contributed by atoms with Crippen LogP contribution in [0.2, 0.25) is 0 Å². The average Bonchev–Trinajstić information content (AvgIpc) is 3.15. The minimum Gasteiger partial charge on any atom is -0.0622 e. The highest BCUT2D eigenvalue weighted by molar-refractivity contribution is 6.34. The van der Waals surface area contributed by atoms with Gasteiger partial charge in [0.05, 0.1) is 0 Å². The zero-order valence-electron chi connectivity index (χ0n) is 33.4. The first kappa shape index (κ1) is 35.6. The van der Waals surface area contributed by atoms with E-state index in [4.69, 9.17) is 0 Å². The van der Waals surface area contributed by atoms with Crippen molar-refractivity contribution in [3.05, 3.63) is 168 Å². The molecule has 0 atom stereocenters. The summed E-state index contributed by atoms with van der Waals surface area (Å²) in [7, 11) is 0. The fourth-order valence-corrected chi connectivity index (χ4v) is 8.52. The van der Waals surface area contributed by atoms with Gasteiger partial charge in [-0.25, -0.2) is 0 Å². The Hall–Kier alpha value is -5.46. The first-order valence-electron chi connectivity index (χ1n) is 19.5. The molecular weight excluding hydrogens is 649 g/mol. The highest BCUT2D eigenvalue weighted by Gasteiger charge is 2.29. The van der Waals surface area contributed by atoms with E-state index in [1.165, 1.54) is 93.5 Å². The van der Waals surface area contributed by atoms with Crippen molar-refractivity contribution < 1.29 is 0 Å². The lowest BCUT2D eigenvalue weighted by atomic mass is 9.74. The van der Waals surface area contributed by atoms with Crippen molar-refractivity contribution in [2.24, 2.45) is 0 Å². The van der Waals surface area contributed by atoms with Gasteiger partial charge in [-0.15, -0.1) is 0 Å². The lowest BCUT2D eigenvalue weighted by Crippen LogP contribution is -2.13. The van der Waals surface area contributed by atoms with Gasteiger partial charge < -0.3 is 0 Å². The molecule has 0 saturated carbocycles. The second kappa shape index (κ2) is 13.1. The number of benzene rings is 8. The quantitative estimate of drug-likeness (QED) is 0.160. The zero-order chi connectivity index (χ0) is 38.0. The molecule has 8 aromatic carbocycles. The van der Waals surface area contributed by atoms with E-state index in [0.29, 0.717) is 0 Å². The summed E-state index contributed by atoms with van der Waals surface area (Å²) in [5.74, 6) is 0. The molecule has 268 valence electrons. The number of fused-ring (bicyclic) bond motifs is 3. The Labute approximate surface area is 322 Å². The monoisotopic (exact) mass is 700 g/mol.